The second-order valence-electron chi connectivity index (χ2n) is 6.71. The summed E-state index contributed by atoms with van der Waals surface area (Å²) in [6, 6.07) is 10.7. The second-order valence-corrected chi connectivity index (χ2v) is 9.05. The summed E-state index contributed by atoms with van der Waals surface area (Å²) < 4.78 is 38.7. The first-order valence-corrected chi connectivity index (χ1v) is 11.1. The van der Waals surface area contributed by atoms with E-state index in [2.05, 4.69) is 5.32 Å². The van der Waals surface area contributed by atoms with Gasteiger partial charge in [-0.25, -0.2) is 12.8 Å². The molecule has 2 rings (SSSR count). The number of hydrogen-bond donors (Lipinski definition) is 1. The molecule has 1 amide bonds. The van der Waals surface area contributed by atoms with Gasteiger partial charge in [-0.15, -0.1) is 0 Å². The molecule has 0 heterocycles. The van der Waals surface area contributed by atoms with Crippen LogP contribution < -0.4 is 9.62 Å². The lowest BCUT2D eigenvalue weighted by molar-refractivity contribution is -0.121. The molecule has 28 heavy (non-hydrogen) atoms. The molecule has 0 unspecified atom stereocenters. The van der Waals surface area contributed by atoms with Crippen LogP contribution in [0.25, 0.3) is 0 Å². The zero-order valence-corrected chi connectivity index (χ0v) is 17.6. The van der Waals surface area contributed by atoms with Gasteiger partial charge < -0.3 is 5.32 Å². The van der Waals surface area contributed by atoms with Crippen molar-refractivity contribution in [1.82, 2.24) is 5.32 Å². The number of sulfonamides is 1. The Hall–Kier alpha value is -2.12. The van der Waals surface area contributed by atoms with Gasteiger partial charge in [-0.3, -0.25) is 9.10 Å². The van der Waals surface area contributed by atoms with Crippen LogP contribution >= 0.6 is 11.6 Å². The Bertz CT molecular complexity index is 933. The number of aryl methyl sites for hydroxylation is 1. The van der Waals surface area contributed by atoms with Crippen LogP contribution in [-0.4, -0.2) is 27.1 Å². The Balaban J connectivity index is 1.97. The van der Waals surface area contributed by atoms with Crippen LogP contribution in [0.2, 0.25) is 5.02 Å². The fraction of sp³-hybridized carbons (Fsp3) is 0.350. The standard InChI is InChI=1S/C20H24ClFN2O3S/c1-14-6-9-17(21)13-19(14)24(28(3,26)27)12-4-5-20(25)23-15(2)16-7-10-18(22)11-8-16/h6-11,13,15H,4-5,12H2,1-3H3,(H,23,25)/t15-/m1/s1. The number of benzene rings is 2. The van der Waals surface area contributed by atoms with Crippen LogP contribution in [-0.2, 0) is 14.8 Å². The van der Waals surface area contributed by atoms with Crippen LogP contribution in [0.5, 0.6) is 0 Å². The van der Waals surface area contributed by atoms with Gasteiger partial charge in [-0.05, 0) is 55.7 Å². The van der Waals surface area contributed by atoms with Crippen molar-refractivity contribution in [3.8, 4) is 0 Å². The number of halogens is 2. The van der Waals surface area contributed by atoms with Crippen molar-refractivity contribution in [2.24, 2.45) is 0 Å². The third-order valence-corrected chi connectivity index (χ3v) is 5.77. The quantitative estimate of drug-likeness (QED) is 0.687. The third kappa shape index (κ3) is 6.21. The minimum Gasteiger partial charge on any atom is -0.350 e. The van der Waals surface area contributed by atoms with Crippen molar-refractivity contribution in [2.45, 2.75) is 32.7 Å². The molecule has 0 saturated carbocycles. The zero-order valence-electron chi connectivity index (χ0n) is 16.1. The average Bonchev–Trinajstić information content (AvgIpc) is 2.60. The highest BCUT2D eigenvalue weighted by atomic mass is 35.5. The Morgan fingerprint density at radius 1 is 1.21 bits per heavy atom. The van der Waals surface area contributed by atoms with Gasteiger partial charge >= 0.3 is 0 Å². The van der Waals surface area contributed by atoms with Crippen molar-refractivity contribution in [3.05, 3.63) is 64.4 Å². The molecule has 0 radical (unpaired) electrons. The van der Waals surface area contributed by atoms with E-state index in [1.54, 1.807) is 37.3 Å². The Morgan fingerprint density at radius 2 is 1.86 bits per heavy atom. The van der Waals surface area contributed by atoms with Crippen molar-refractivity contribution in [1.29, 1.82) is 0 Å². The summed E-state index contributed by atoms with van der Waals surface area (Å²) in [5.41, 5.74) is 2.08. The van der Waals surface area contributed by atoms with Gasteiger partial charge in [0.2, 0.25) is 15.9 Å². The predicted molar refractivity (Wildman–Crippen MR) is 111 cm³/mol. The second kappa shape index (κ2) is 9.39. The van der Waals surface area contributed by atoms with Crippen molar-refractivity contribution < 1.29 is 17.6 Å². The summed E-state index contributed by atoms with van der Waals surface area (Å²) in [6.45, 7) is 3.78. The lowest BCUT2D eigenvalue weighted by atomic mass is 10.1. The molecule has 0 spiro atoms. The van der Waals surface area contributed by atoms with E-state index in [-0.39, 0.29) is 30.7 Å². The molecule has 0 aliphatic rings. The number of rotatable bonds is 8. The SMILES string of the molecule is Cc1ccc(Cl)cc1N(CCCC(=O)N[C@H](C)c1ccc(F)cc1)S(C)(=O)=O. The minimum atomic E-state index is -3.52. The molecule has 152 valence electrons. The van der Waals surface area contributed by atoms with E-state index in [4.69, 9.17) is 11.6 Å². The number of nitrogens with one attached hydrogen (secondary N) is 1. The average molecular weight is 427 g/mol. The molecule has 8 heteroatoms. The van der Waals surface area contributed by atoms with Gasteiger partial charge in [0, 0.05) is 18.0 Å². The molecule has 2 aromatic rings. The van der Waals surface area contributed by atoms with Gasteiger partial charge in [0.15, 0.2) is 0 Å². The maximum Gasteiger partial charge on any atom is 0.232 e. The number of carbonyl (C=O) groups is 1. The Labute approximate surface area is 170 Å². The number of nitrogens with zero attached hydrogens (tertiary/aromatic N) is 1. The first-order valence-electron chi connectivity index (χ1n) is 8.86. The molecule has 1 N–H and O–H groups in total. The molecule has 1 atom stereocenters. The number of anilines is 1. The fourth-order valence-electron chi connectivity index (χ4n) is 2.85. The topological polar surface area (TPSA) is 66.5 Å². The van der Waals surface area contributed by atoms with Gasteiger partial charge in [-0.1, -0.05) is 29.8 Å². The molecule has 0 aromatic heterocycles. The number of hydrogen-bond acceptors (Lipinski definition) is 3. The first-order chi connectivity index (χ1) is 13.1. The van der Waals surface area contributed by atoms with E-state index in [9.17, 15) is 17.6 Å². The summed E-state index contributed by atoms with van der Waals surface area (Å²) in [5.74, 6) is -0.535. The molecule has 0 aliphatic heterocycles. The van der Waals surface area contributed by atoms with E-state index in [0.717, 1.165) is 17.4 Å². The highest BCUT2D eigenvalue weighted by Gasteiger charge is 2.20. The van der Waals surface area contributed by atoms with Crippen LogP contribution in [0.1, 0.15) is 36.9 Å². The first kappa shape index (κ1) is 22.2. The van der Waals surface area contributed by atoms with E-state index >= 15 is 0 Å². The van der Waals surface area contributed by atoms with Gasteiger partial charge in [0.05, 0.1) is 18.0 Å². The summed E-state index contributed by atoms with van der Waals surface area (Å²) in [7, 11) is -3.52. The van der Waals surface area contributed by atoms with E-state index in [0.29, 0.717) is 17.1 Å². The molecular formula is C20H24ClFN2O3S. The summed E-state index contributed by atoms with van der Waals surface area (Å²) in [6.07, 6.45) is 1.64. The van der Waals surface area contributed by atoms with Gasteiger partial charge in [0.25, 0.3) is 0 Å². The number of amides is 1. The normalized spacial score (nSPS) is 12.5. The lowest BCUT2D eigenvalue weighted by Gasteiger charge is -2.24. The zero-order chi connectivity index (χ0) is 20.9. The lowest BCUT2D eigenvalue weighted by Crippen LogP contribution is -2.33. The van der Waals surface area contributed by atoms with Crippen LogP contribution in [0.3, 0.4) is 0 Å². The molecule has 2 aromatic carbocycles. The fourth-order valence-corrected chi connectivity index (χ4v) is 4.03. The smallest absolute Gasteiger partial charge is 0.232 e. The van der Waals surface area contributed by atoms with Crippen LogP contribution in [0, 0.1) is 12.7 Å². The van der Waals surface area contributed by atoms with Crippen molar-refractivity contribution in [3.63, 3.8) is 0 Å². The number of carbonyl (C=O) groups excluding carboxylic acids is 1. The molecule has 0 aliphatic carbocycles. The van der Waals surface area contributed by atoms with E-state index in [1.165, 1.54) is 16.4 Å². The van der Waals surface area contributed by atoms with Crippen LogP contribution in [0.15, 0.2) is 42.5 Å². The third-order valence-electron chi connectivity index (χ3n) is 4.35. The van der Waals surface area contributed by atoms with Gasteiger partial charge in [0.1, 0.15) is 5.82 Å². The largest absolute Gasteiger partial charge is 0.350 e. The molecular weight excluding hydrogens is 403 g/mol. The van der Waals surface area contributed by atoms with Crippen molar-refractivity contribution in [2.75, 3.05) is 17.1 Å². The van der Waals surface area contributed by atoms with Crippen LogP contribution in [0.4, 0.5) is 10.1 Å². The predicted octanol–water partition coefficient (Wildman–Crippen LogP) is 4.21. The summed E-state index contributed by atoms with van der Waals surface area (Å²) in [4.78, 5) is 12.2. The maximum absolute atomic E-state index is 13.0. The van der Waals surface area contributed by atoms with Gasteiger partial charge in [-0.2, -0.15) is 0 Å². The molecule has 0 saturated heterocycles. The van der Waals surface area contributed by atoms with Crippen molar-refractivity contribution >= 4 is 33.2 Å². The molecule has 0 bridgehead atoms. The van der Waals surface area contributed by atoms with E-state index < -0.39 is 10.0 Å². The highest BCUT2D eigenvalue weighted by Crippen LogP contribution is 2.26. The molecule has 5 nitrogen and oxygen atoms in total. The molecule has 0 fully saturated rings. The highest BCUT2D eigenvalue weighted by molar-refractivity contribution is 7.92. The summed E-state index contributed by atoms with van der Waals surface area (Å²) in [5, 5.41) is 3.28. The monoisotopic (exact) mass is 426 g/mol. The summed E-state index contributed by atoms with van der Waals surface area (Å²) >= 11 is 6.01. The maximum atomic E-state index is 13.0. The Morgan fingerprint density at radius 3 is 2.46 bits per heavy atom. The Kier molecular flexibility index (Phi) is 7.43. The van der Waals surface area contributed by atoms with E-state index in [1.807, 2.05) is 6.92 Å². The minimum absolute atomic E-state index is 0.164.